The monoisotopic (exact) mass is 537 g/mol. The Kier molecular flexibility index (Phi) is 6.73. The SMILES string of the molecule is O=C(NCC(F)F)c1ccc(N2CCN(Cc3ccc4c([nH]c(=O)c5c(Cl)cnn54)c3F)CC2)c(F)n1. The van der Waals surface area contributed by atoms with E-state index in [2.05, 4.69) is 15.1 Å². The summed E-state index contributed by atoms with van der Waals surface area (Å²) < 4.78 is 55.8. The van der Waals surface area contributed by atoms with Gasteiger partial charge in [-0.1, -0.05) is 17.7 Å². The molecule has 1 aliphatic rings. The zero-order chi connectivity index (χ0) is 26.3. The van der Waals surface area contributed by atoms with Crippen LogP contribution >= 0.6 is 11.6 Å². The van der Waals surface area contributed by atoms with Crippen molar-refractivity contribution in [3.8, 4) is 0 Å². The number of pyridine rings is 1. The van der Waals surface area contributed by atoms with E-state index >= 15 is 4.39 Å². The number of carbonyl (C=O) groups is 1. The Morgan fingerprint density at radius 1 is 1.14 bits per heavy atom. The summed E-state index contributed by atoms with van der Waals surface area (Å²) in [5, 5.41) is 6.21. The third-order valence-corrected chi connectivity index (χ3v) is 6.47. The summed E-state index contributed by atoms with van der Waals surface area (Å²) in [6.45, 7) is 1.21. The molecule has 1 aliphatic heterocycles. The number of amides is 1. The number of piperazine rings is 1. The Hall–Kier alpha value is -3.71. The Balaban J connectivity index is 1.27. The van der Waals surface area contributed by atoms with E-state index in [1.165, 1.54) is 22.8 Å². The largest absolute Gasteiger partial charge is 0.365 e. The first kappa shape index (κ1) is 25.0. The van der Waals surface area contributed by atoms with Crippen molar-refractivity contribution in [1.29, 1.82) is 0 Å². The molecule has 0 atom stereocenters. The number of benzene rings is 1. The first-order valence-electron chi connectivity index (χ1n) is 11.3. The number of hydrogen-bond acceptors (Lipinski definition) is 6. The van der Waals surface area contributed by atoms with Crippen LogP contribution in [0.2, 0.25) is 5.02 Å². The number of alkyl halides is 2. The minimum absolute atomic E-state index is 0.0271. The summed E-state index contributed by atoms with van der Waals surface area (Å²) in [6, 6.07) is 5.95. The van der Waals surface area contributed by atoms with Crippen LogP contribution in [0.5, 0.6) is 0 Å². The van der Waals surface area contributed by atoms with Crippen molar-refractivity contribution in [3.63, 3.8) is 0 Å². The first-order valence-corrected chi connectivity index (χ1v) is 11.7. The highest BCUT2D eigenvalue weighted by Gasteiger charge is 2.23. The van der Waals surface area contributed by atoms with Gasteiger partial charge >= 0.3 is 0 Å². The molecule has 3 aromatic heterocycles. The van der Waals surface area contributed by atoms with Crippen molar-refractivity contribution in [2.45, 2.75) is 13.0 Å². The van der Waals surface area contributed by atoms with E-state index in [9.17, 15) is 22.8 Å². The van der Waals surface area contributed by atoms with Crippen LogP contribution in [0.3, 0.4) is 0 Å². The average Bonchev–Trinajstić information content (AvgIpc) is 3.27. The van der Waals surface area contributed by atoms with Gasteiger partial charge in [0.05, 0.1) is 29.0 Å². The lowest BCUT2D eigenvalue weighted by molar-refractivity contribution is 0.0886. The summed E-state index contributed by atoms with van der Waals surface area (Å²) in [6.07, 6.45) is -1.40. The van der Waals surface area contributed by atoms with Crippen molar-refractivity contribution in [2.24, 2.45) is 0 Å². The molecular formula is C23H20ClF4N7O2. The highest BCUT2D eigenvalue weighted by atomic mass is 35.5. The molecule has 2 N–H and O–H groups in total. The molecule has 0 bridgehead atoms. The second-order valence-corrected chi connectivity index (χ2v) is 8.92. The predicted molar refractivity (Wildman–Crippen MR) is 128 cm³/mol. The summed E-state index contributed by atoms with van der Waals surface area (Å²) in [5.74, 6) is -2.33. The molecule has 1 aromatic carbocycles. The Bertz CT molecular complexity index is 1550. The van der Waals surface area contributed by atoms with Gasteiger partial charge in [0.1, 0.15) is 11.2 Å². The molecule has 1 saturated heterocycles. The topological polar surface area (TPSA) is 98.6 Å². The molecule has 14 heteroatoms. The average molecular weight is 538 g/mol. The lowest BCUT2D eigenvalue weighted by atomic mass is 10.1. The van der Waals surface area contributed by atoms with Gasteiger partial charge in [-0.2, -0.15) is 9.49 Å². The summed E-state index contributed by atoms with van der Waals surface area (Å²) in [5.41, 5.74) is 0.262. The number of H-pyrrole nitrogens is 1. The van der Waals surface area contributed by atoms with Crippen molar-refractivity contribution in [1.82, 2.24) is 29.8 Å². The van der Waals surface area contributed by atoms with Crippen molar-refractivity contribution in [2.75, 3.05) is 37.6 Å². The molecule has 194 valence electrons. The number of nitrogens with one attached hydrogen (secondary N) is 2. The fourth-order valence-electron chi connectivity index (χ4n) is 4.35. The molecule has 4 aromatic rings. The van der Waals surface area contributed by atoms with E-state index in [1.807, 2.05) is 10.2 Å². The van der Waals surface area contributed by atoms with Crippen LogP contribution < -0.4 is 15.8 Å². The van der Waals surface area contributed by atoms with Gasteiger partial charge in [0.15, 0.2) is 11.3 Å². The van der Waals surface area contributed by atoms with Gasteiger partial charge in [-0.05, 0) is 18.2 Å². The third kappa shape index (κ3) is 4.83. The van der Waals surface area contributed by atoms with E-state index in [0.29, 0.717) is 37.3 Å². The minimum atomic E-state index is -2.72. The number of anilines is 1. The number of carbonyl (C=O) groups excluding carboxylic acids is 1. The van der Waals surface area contributed by atoms with Crippen LogP contribution in [0.25, 0.3) is 16.6 Å². The smallest absolute Gasteiger partial charge is 0.276 e. The third-order valence-electron chi connectivity index (χ3n) is 6.19. The van der Waals surface area contributed by atoms with Gasteiger partial charge in [0.2, 0.25) is 5.95 Å². The molecule has 0 spiro atoms. The normalized spacial score (nSPS) is 14.7. The van der Waals surface area contributed by atoms with Crippen molar-refractivity contribution >= 4 is 39.7 Å². The molecule has 1 amide bonds. The maximum absolute atomic E-state index is 15.3. The first-order chi connectivity index (χ1) is 17.7. The second-order valence-electron chi connectivity index (χ2n) is 8.51. The van der Waals surface area contributed by atoms with Crippen molar-refractivity contribution < 1.29 is 22.4 Å². The Labute approximate surface area is 211 Å². The lowest BCUT2D eigenvalue weighted by Crippen LogP contribution is -2.46. The van der Waals surface area contributed by atoms with Crippen LogP contribution in [-0.2, 0) is 6.54 Å². The molecule has 37 heavy (non-hydrogen) atoms. The maximum atomic E-state index is 15.3. The van der Waals surface area contributed by atoms with Crippen molar-refractivity contribution in [3.05, 3.63) is 68.9 Å². The van der Waals surface area contributed by atoms with E-state index in [-0.39, 0.29) is 34.0 Å². The molecule has 4 heterocycles. The number of aromatic amines is 1. The number of aromatic nitrogens is 4. The molecule has 5 rings (SSSR count). The number of hydrogen-bond donors (Lipinski definition) is 2. The summed E-state index contributed by atoms with van der Waals surface area (Å²) >= 11 is 6.01. The molecule has 0 unspecified atom stereocenters. The molecule has 0 saturated carbocycles. The summed E-state index contributed by atoms with van der Waals surface area (Å²) in [4.78, 5) is 34.1. The van der Waals surface area contributed by atoms with E-state index < -0.39 is 36.2 Å². The molecule has 0 aliphatic carbocycles. The van der Waals surface area contributed by atoms with Gasteiger partial charge in [-0.3, -0.25) is 14.5 Å². The standard InChI is InChI=1S/C23H20ClF4N7O2/c24-13-9-30-35-15-3-1-12(18(27)19(15)32-23(37)20(13)35)11-33-5-7-34(8-6-33)16-4-2-14(31-21(16)28)22(36)29-10-17(25)26/h1-4,9,17H,5-8,10-11H2,(H,29,36)(H,32,37). The quantitative estimate of drug-likeness (QED) is 0.290. The molecule has 1 fully saturated rings. The van der Waals surface area contributed by atoms with Crippen LogP contribution in [0, 0.1) is 11.8 Å². The van der Waals surface area contributed by atoms with Gasteiger partial charge in [-0.15, -0.1) is 0 Å². The number of nitrogens with zero attached hydrogens (tertiary/aromatic N) is 5. The minimum Gasteiger partial charge on any atom is -0.365 e. The van der Waals surface area contributed by atoms with Gasteiger partial charge in [0.25, 0.3) is 17.9 Å². The summed E-state index contributed by atoms with van der Waals surface area (Å²) in [7, 11) is 0. The van der Waals surface area contributed by atoms with Gasteiger partial charge in [0, 0.05) is 38.3 Å². The number of rotatable bonds is 6. The predicted octanol–water partition coefficient (Wildman–Crippen LogP) is 2.82. The lowest BCUT2D eigenvalue weighted by Gasteiger charge is -2.36. The molecule has 0 radical (unpaired) electrons. The van der Waals surface area contributed by atoms with E-state index in [0.717, 1.165) is 0 Å². The van der Waals surface area contributed by atoms with Gasteiger partial charge in [-0.25, -0.2) is 22.7 Å². The van der Waals surface area contributed by atoms with E-state index in [4.69, 9.17) is 11.6 Å². The van der Waals surface area contributed by atoms with Crippen LogP contribution in [0.15, 0.2) is 35.3 Å². The highest BCUT2D eigenvalue weighted by molar-refractivity contribution is 6.33. The Morgan fingerprint density at radius 2 is 1.89 bits per heavy atom. The van der Waals surface area contributed by atoms with Gasteiger partial charge < -0.3 is 15.2 Å². The number of fused-ring (bicyclic) bond motifs is 3. The van der Waals surface area contributed by atoms with Crippen LogP contribution in [0.1, 0.15) is 16.1 Å². The fourth-order valence-corrected chi connectivity index (χ4v) is 4.56. The zero-order valence-electron chi connectivity index (χ0n) is 19.1. The zero-order valence-corrected chi connectivity index (χ0v) is 19.9. The number of halogens is 5. The maximum Gasteiger partial charge on any atom is 0.276 e. The van der Waals surface area contributed by atoms with Crippen LogP contribution in [0.4, 0.5) is 23.2 Å². The Morgan fingerprint density at radius 3 is 2.59 bits per heavy atom. The fraction of sp³-hybridized carbons (Fsp3) is 0.304. The molecule has 9 nitrogen and oxygen atoms in total. The van der Waals surface area contributed by atoms with Crippen LogP contribution in [-0.4, -0.2) is 69.5 Å². The highest BCUT2D eigenvalue weighted by Crippen LogP contribution is 2.24. The van der Waals surface area contributed by atoms with E-state index in [1.54, 1.807) is 17.0 Å². The molecular weight excluding hydrogens is 518 g/mol. The second kappa shape index (κ2) is 9.98.